The van der Waals surface area contributed by atoms with Crippen LogP contribution in [0.1, 0.15) is 12.1 Å². The van der Waals surface area contributed by atoms with Crippen molar-refractivity contribution in [3.63, 3.8) is 0 Å². The SMILES string of the molecule is O=C(NCc1cc(-c2ccc(Cl)cc2)on1)[C@H]1CC(=O)N(c2ccccc2)C1. The molecule has 6 nitrogen and oxygen atoms in total. The number of rotatable bonds is 5. The van der Waals surface area contributed by atoms with Crippen molar-refractivity contribution >= 4 is 29.1 Å². The molecule has 0 bridgehead atoms. The normalized spacial score (nSPS) is 16.4. The fourth-order valence-electron chi connectivity index (χ4n) is 3.21. The van der Waals surface area contributed by atoms with Crippen molar-refractivity contribution in [1.29, 1.82) is 0 Å². The van der Waals surface area contributed by atoms with Gasteiger partial charge in [0.25, 0.3) is 0 Å². The average molecular weight is 396 g/mol. The molecule has 0 radical (unpaired) electrons. The summed E-state index contributed by atoms with van der Waals surface area (Å²) in [7, 11) is 0. The molecule has 0 aliphatic carbocycles. The lowest BCUT2D eigenvalue weighted by Crippen LogP contribution is -2.32. The number of hydrogen-bond donors (Lipinski definition) is 1. The summed E-state index contributed by atoms with van der Waals surface area (Å²) in [6, 6.07) is 18.4. The van der Waals surface area contributed by atoms with E-state index in [-0.39, 0.29) is 30.7 Å². The second-order valence-electron chi connectivity index (χ2n) is 6.65. The molecule has 1 N–H and O–H groups in total. The minimum absolute atomic E-state index is 0.0437. The predicted octanol–water partition coefficient (Wildman–Crippen LogP) is 3.66. The van der Waals surface area contributed by atoms with Crippen LogP contribution in [-0.4, -0.2) is 23.5 Å². The van der Waals surface area contributed by atoms with Crippen LogP contribution in [0.4, 0.5) is 5.69 Å². The lowest BCUT2D eigenvalue weighted by molar-refractivity contribution is -0.126. The van der Waals surface area contributed by atoms with Gasteiger partial charge in [-0.05, 0) is 36.4 Å². The van der Waals surface area contributed by atoms with E-state index in [0.29, 0.717) is 23.0 Å². The van der Waals surface area contributed by atoms with Crippen molar-refractivity contribution < 1.29 is 14.1 Å². The summed E-state index contributed by atoms with van der Waals surface area (Å²) < 4.78 is 5.33. The minimum atomic E-state index is -0.379. The van der Waals surface area contributed by atoms with Crippen LogP contribution in [0.3, 0.4) is 0 Å². The van der Waals surface area contributed by atoms with Gasteiger partial charge in [0.05, 0.1) is 12.5 Å². The minimum Gasteiger partial charge on any atom is -0.356 e. The van der Waals surface area contributed by atoms with Crippen LogP contribution >= 0.6 is 11.6 Å². The molecule has 142 valence electrons. The summed E-state index contributed by atoms with van der Waals surface area (Å²) in [6.45, 7) is 0.621. The highest BCUT2D eigenvalue weighted by molar-refractivity contribution is 6.30. The van der Waals surface area contributed by atoms with Gasteiger partial charge >= 0.3 is 0 Å². The summed E-state index contributed by atoms with van der Waals surface area (Å²) in [5.74, 6) is 0.0168. The first kappa shape index (κ1) is 18.3. The Morgan fingerprint density at radius 2 is 1.93 bits per heavy atom. The van der Waals surface area contributed by atoms with E-state index in [0.717, 1.165) is 11.3 Å². The van der Waals surface area contributed by atoms with Crippen LogP contribution in [0, 0.1) is 5.92 Å². The first-order valence-electron chi connectivity index (χ1n) is 8.95. The second kappa shape index (κ2) is 7.86. The third kappa shape index (κ3) is 3.92. The zero-order valence-corrected chi connectivity index (χ0v) is 15.7. The van der Waals surface area contributed by atoms with E-state index in [2.05, 4.69) is 10.5 Å². The van der Waals surface area contributed by atoms with Crippen LogP contribution in [0.5, 0.6) is 0 Å². The number of nitrogens with zero attached hydrogens (tertiary/aromatic N) is 2. The monoisotopic (exact) mass is 395 g/mol. The molecular weight excluding hydrogens is 378 g/mol. The third-order valence-electron chi connectivity index (χ3n) is 4.70. The van der Waals surface area contributed by atoms with Gasteiger partial charge in [-0.3, -0.25) is 9.59 Å². The quantitative estimate of drug-likeness (QED) is 0.715. The van der Waals surface area contributed by atoms with Crippen molar-refractivity contribution in [3.8, 4) is 11.3 Å². The summed E-state index contributed by atoms with van der Waals surface area (Å²) in [6.07, 6.45) is 0.204. The maximum absolute atomic E-state index is 12.5. The van der Waals surface area contributed by atoms with E-state index in [1.165, 1.54) is 0 Å². The van der Waals surface area contributed by atoms with E-state index in [1.807, 2.05) is 42.5 Å². The number of carbonyl (C=O) groups excluding carboxylic acids is 2. The molecule has 3 aromatic rings. The van der Waals surface area contributed by atoms with Crippen LogP contribution in [0.2, 0.25) is 5.02 Å². The molecule has 1 aliphatic rings. The Bertz CT molecular complexity index is 986. The first-order valence-corrected chi connectivity index (χ1v) is 9.32. The molecule has 7 heteroatoms. The van der Waals surface area contributed by atoms with Crippen LogP contribution in [-0.2, 0) is 16.1 Å². The lowest BCUT2D eigenvalue weighted by atomic mass is 10.1. The van der Waals surface area contributed by atoms with Crippen molar-refractivity contribution in [2.45, 2.75) is 13.0 Å². The summed E-state index contributed by atoms with van der Waals surface area (Å²) in [5, 5.41) is 7.48. The van der Waals surface area contributed by atoms with Gasteiger partial charge in [0.1, 0.15) is 5.69 Å². The van der Waals surface area contributed by atoms with Gasteiger partial charge in [0.2, 0.25) is 11.8 Å². The molecule has 1 saturated heterocycles. The van der Waals surface area contributed by atoms with Crippen molar-refractivity contribution in [2.24, 2.45) is 5.92 Å². The van der Waals surface area contributed by atoms with Gasteiger partial charge in [0.15, 0.2) is 5.76 Å². The smallest absolute Gasteiger partial charge is 0.227 e. The number of halogens is 1. The molecule has 2 aromatic carbocycles. The molecule has 1 aromatic heterocycles. The molecule has 1 atom stereocenters. The lowest BCUT2D eigenvalue weighted by Gasteiger charge is -2.16. The number of carbonyl (C=O) groups is 2. The van der Waals surface area contributed by atoms with Crippen molar-refractivity contribution in [1.82, 2.24) is 10.5 Å². The zero-order chi connectivity index (χ0) is 19.5. The number of benzene rings is 2. The number of amides is 2. The topological polar surface area (TPSA) is 75.4 Å². The summed E-state index contributed by atoms with van der Waals surface area (Å²) in [5.41, 5.74) is 2.28. The molecule has 1 aliphatic heterocycles. The van der Waals surface area contributed by atoms with Crippen molar-refractivity contribution in [2.75, 3.05) is 11.4 Å². The molecule has 4 rings (SSSR count). The second-order valence-corrected chi connectivity index (χ2v) is 7.08. The molecule has 0 unspecified atom stereocenters. The van der Waals surface area contributed by atoms with Crippen molar-refractivity contribution in [3.05, 3.63) is 71.4 Å². The Morgan fingerprint density at radius 3 is 2.68 bits per heavy atom. The molecule has 0 saturated carbocycles. The van der Waals surface area contributed by atoms with E-state index in [4.69, 9.17) is 16.1 Å². The number of hydrogen-bond acceptors (Lipinski definition) is 4. The largest absolute Gasteiger partial charge is 0.356 e. The maximum atomic E-state index is 12.5. The number of anilines is 1. The fraction of sp³-hybridized carbons (Fsp3) is 0.190. The highest BCUT2D eigenvalue weighted by Crippen LogP contribution is 2.25. The standard InChI is InChI=1S/C21H18ClN3O3/c22-16-8-6-14(7-9-16)19-11-17(24-28-19)12-23-21(27)15-10-20(26)25(13-15)18-4-2-1-3-5-18/h1-9,11,15H,10,12-13H2,(H,23,27)/t15-/m0/s1. The summed E-state index contributed by atoms with van der Waals surface area (Å²) >= 11 is 5.89. The molecule has 0 spiro atoms. The van der Waals surface area contributed by atoms with Gasteiger partial charge < -0.3 is 14.7 Å². The number of nitrogens with one attached hydrogen (secondary N) is 1. The van der Waals surface area contributed by atoms with Gasteiger partial charge in [-0.25, -0.2) is 0 Å². The Labute approximate surface area is 167 Å². The first-order chi connectivity index (χ1) is 13.6. The molecule has 28 heavy (non-hydrogen) atoms. The molecule has 2 heterocycles. The van der Waals surface area contributed by atoms with E-state index < -0.39 is 0 Å². The Kier molecular flexibility index (Phi) is 5.12. The highest BCUT2D eigenvalue weighted by atomic mass is 35.5. The van der Waals surface area contributed by atoms with E-state index >= 15 is 0 Å². The molecule has 1 fully saturated rings. The Balaban J connectivity index is 1.35. The maximum Gasteiger partial charge on any atom is 0.227 e. The molecular formula is C21H18ClN3O3. The van der Waals surface area contributed by atoms with Gasteiger partial charge in [-0.2, -0.15) is 0 Å². The van der Waals surface area contributed by atoms with E-state index in [1.54, 1.807) is 23.1 Å². The van der Waals surface area contributed by atoms with E-state index in [9.17, 15) is 9.59 Å². The van der Waals surface area contributed by atoms with Crippen LogP contribution in [0.25, 0.3) is 11.3 Å². The highest BCUT2D eigenvalue weighted by Gasteiger charge is 2.34. The third-order valence-corrected chi connectivity index (χ3v) is 4.95. The number of aromatic nitrogens is 1. The molecule has 2 amide bonds. The average Bonchev–Trinajstić information content (AvgIpc) is 3.34. The predicted molar refractivity (Wildman–Crippen MR) is 106 cm³/mol. The Morgan fingerprint density at radius 1 is 1.18 bits per heavy atom. The Hall–Kier alpha value is -3.12. The van der Waals surface area contributed by atoms with Gasteiger partial charge in [-0.15, -0.1) is 0 Å². The summed E-state index contributed by atoms with van der Waals surface area (Å²) in [4.78, 5) is 26.4. The fourth-order valence-corrected chi connectivity index (χ4v) is 3.33. The van der Waals surface area contributed by atoms with Gasteiger partial charge in [0, 0.05) is 35.3 Å². The van der Waals surface area contributed by atoms with Gasteiger partial charge in [-0.1, -0.05) is 35.0 Å². The zero-order valence-electron chi connectivity index (χ0n) is 15.0. The van der Waals surface area contributed by atoms with Crippen LogP contribution < -0.4 is 10.2 Å². The van der Waals surface area contributed by atoms with Crippen LogP contribution in [0.15, 0.2) is 65.2 Å². The number of para-hydroxylation sites is 1.